The molecule has 0 aliphatic carbocycles. The van der Waals surface area contributed by atoms with Crippen molar-refractivity contribution in [1.29, 1.82) is 0 Å². The van der Waals surface area contributed by atoms with Gasteiger partial charge in [-0.25, -0.2) is 9.78 Å². The summed E-state index contributed by atoms with van der Waals surface area (Å²) < 4.78 is 0. The molecule has 3 rings (SSSR count). The predicted molar refractivity (Wildman–Crippen MR) is 121 cm³/mol. The smallest absolute Gasteiger partial charge is 0.337 e. The summed E-state index contributed by atoms with van der Waals surface area (Å²) in [5, 5.41) is 13.9. The van der Waals surface area contributed by atoms with Crippen LogP contribution in [0.3, 0.4) is 0 Å². The molecular weight excluding hydrogens is 422 g/mol. The molecule has 158 valence electrons. The topological polar surface area (TPSA) is 112 Å². The third-order valence-electron chi connectivity index (χ3n) is 4.63. The molecule has 0 aliphatic rings. The number of carboxylic acids is 1. The van der Waals surface area contributed by atoms with Gasteiger partial charge in [0.2, 0.25) is 5.91 Å². The highest BCUT2D eigenvalue weighted by Crippen LogP contribution is 2.32. The van der Waals surface area contributed by atoms with Gasteiger partial charge in [0, 0.05) is 11.1 Å². The Balaban J connectivity index is 1.79. The predicted octanol–water partition coefficient (Wildman–Crippen LogP) is 4.66. The van der Waals surface area contributed by atoms with E-state index in [-0.39, 0.29) is 39.6 Å². The number of amides is 1. The number of fused-ring (bicyclic) bond motifs is 1. The number of H-pyrrole nitrogens is 1. The number of aromatic nitrogens is 2. The Morgan fingerprint density at radius 1 is 1.20 bits per heavy atom. The lowest BCUT2D eigenvalue weighted by Gasteiger charge is -2.20. The highest BCUT2D eigenvalue weighted by molar-refractivity contribution is 7.99. The molecule has 0 radical (unpaired) electrons. The van der Waals surface area contributed by atoms with E-state index in [0.717, 1.165) is 39.9 Å². The van der Waals surface area contributed by atoms with Crippen molar-refractivity contribution >= 4 is 50.9 Å². The third kappa shape index (κ3) is 4.57. The minimum atomic E-state index is -1.17. The normalized spacial score (nSPS) is 11.4. The molecule has 3 N–H and O–H groups in total. The fourth-order valence-electron chi connectivity index (χ4n) is 3.16. The first-order valence-corrected chi connectivity index (χ1v) is 11.4. The van der Waals surface area contributed by atoms with E-state index in [2.05, 4.69) is 43.0 Å². The minimum absolute atomic E-state index is 0.0636. The zero-order valence-corrected chi connectivity index (χ0v) is 18.7. The summed E-state index contributed by atoms with van der Waals surface area (Å²) >= 11 is 2.20. The quantitative estimate of drug-likeness (QED) is 0.360. The van der Waals surface area contributed by atoms with Gasteiger partial charge in [-0.15, -0.1) is 11.3 Å². The number of thiophene rings is 1. The summed E-state index contributed by atoms with van der Waals surface area (Å²) in [5.41, 5.74) is 2.41. The minimum Gasteiger partial charge on any atom is -0.478 e. The van der Waals surface area contributed by atoms with Crippen molar-refractivity contribution in [3.8, 4) is 0 Å². The zero-order chi connectivity index (χ0) is 22.0. The van der Waals surface area contributed by atoms with E-state index in [9.17, 15) is 19.5 Å². The second-order valence-corrected chi connectivity index (χ2v) is 9.29. The number of aromatic amines is 1. The summed E-state index contributed by atoms with van der Waals surface area (Å²) in [6.07, 6.45) is 0. The molecule has 0 spiro atoms. The van der Waals surface area contributed by atoms with Crippen LogP contribution in [0.25, 0.3) is 10.2 Å². The SMILES string of the molecule is CC(C)c1cccc(C(C)C)c1NC(=O)CSc1nc2scc(C(=O)O)c2c(=O)[nH]1. The summed E-state index contributed by atoms with van der Waals surface area (Å²) in [6, 6.07) is 6.04. The van der Waals surface area contributed by atoms with Crippen molar-refractivity contribution < 1.29 is 14.7 Å². The largest absolute Gasteiger partial charge is 0.478 e. The van der Waals surface area contributed by atoms with E-state index in [4.69, 9.17) is 0 Å². The number of hydrogen-bond acceptors (Lipinski definition) is 6. The molecule has 9 heteroatoms. The summed E-state index contributed by atoms with van der Waals surface area (Å²) in [7, 11) is 0. The average Bonchev–Trinajstić information content (AvgIpc) is 3.11. The standard InChI is InChI=1S/C21H23N3O4S2/c1-10(2)12-6-5-7-13(11(3)4)17(12)22-15(25)9-30-21-23-18(26)16-14(20(27)28)8-29-19(16)24-21/h5-8,10-11H,9H2,1-4H3,(H,22,25)(H,27,28)(H,23,24,26). The van der Waals surface area contributed by atoms with Crippen LogP contribution < -0.4 is 10.9 Å². The molecule has 0 aliphatic heterocycles. The molecule has 0 saturated heterocycles. The Labute approximate surface area is 181 Å². The van der Waals surface area contributed by atoms with Gasteiger partial charge < -0.3 is 15.4 Å². The van der Waals surface area contributed by atoms with E-state index >= 15 is 0 Å². The van der Waals surface area contributed by atoms with Crippen molar-refractivity contribution in [2.75, 3.05) is 11.1 Å². The molecule has 0 fully saturated rings. The lowest BCUT2D eigenvalue weighted by atomic mass is 9.92. The Hall–Kier alpha value is -2.65. The Morgan fingerprint density at radius 3 is 2.40 bits per heavy atom. The van der Waals surface area contributed by atoms with E-state index in [1.54, 1.807) is 0 Å². The van der Waals surface area contributed by atoms with Gasteiger partial charge in [-0.3, -0.25) is 9.59 Å². The fraction of sp³-hybridized carbons (Fsp3) is 0.333. The van der Waals surface area contributed by atoms with Crippen molar-refractivity contribution in [2.45, 2.75) is 44.7 Å². The maximum Gasteiger partial charge on any atom is 0.337 e. The van der Waals surface area contributed by atoms with E-state index in [0.29, 0.717) is 4.83 Å². The Morgan fingerprint density at radius 2 is 1.83 bits per heavy atom. The highest BCUT2D eigenvalue weighted by atomic mass is 32.2. The second kappa shape index (κ2) is 9.01. The summed E-state index contributed by atoms with van der Waals surface area (Å²) in [6.45, 7) is 8.33. The number of anilines is 1. The van der Waals surface area contributed by atoms with Gasteiger partial charge in [-0.2, -0.15) is 0 Å². The first-order valence-electron chi connectivity index (χ1n) is 9.49. The number of carbonyl (C=O) groups is 2. The maximum absolute atomic E-state index is 12.7. The molecule has 0 bridgehead atoms. The number of para-hydroxylation sites is 1. The Kier molecular flexibility index (Phi) is 6.62. The van der Waals surface area contributed by atoms with Crippen LogP contribution in [0.2, 0.25) is 0 Å². The fourth-order valence-corrected chi connectivity index (χ4v) is 4.79. The first-order chi connectivity index (χ1) is 14.2. The molecule has 7 nitrogen and oxygen atoms in total. The number of carboxylic acid groups (broad SMARTS) is 1. The number of rotatable bonds is 7. The van der Waals surface area contributed by atoms with Crippen molar-refractivity contribution in [2.24, 2.45) is 0 Å². The molecule has 1 aromatic carbocycles. The lowest BCUT2D eigenvalue weighted by molar-refractivity contribution is -0.113. The number of hydrogen-bond donors (Lipinski definition) is 3. The first kappa shape index (κ1) is 22.0. The van der Waals surface area contributed by atoms with Crippen molar-refractivity contribution in [3.05, 3.63) is 50.6 Å². The van der Waals surface area contributed by atoms with Crippen LogP contribution in [0.4, 0.5) is 5.69 Å². The highest BCUT2D eigenvalue weighted by Gasteiger charge is 2.18. The third-order valence-corrected chi connectivity index (χ3v) is 6.38. The van der Waals surface area contributed by atoms with Gasteiger partial charge in [-0.1, -0.05) is 57.7 Å². The van der Waals surface area contributed by atoms with E-state index in [1.165, 1.54) is 5.38 Å². The molecule has 1 amide bonds. The maximum atomic E-state index is 12.7. The van der Waals surface area contributed by atoms with E-state index < -0.39 is 11.5 Å². The lowest BCUT2D eigenvalue weighted by Crippen LogP contribution is -2.18. The second-order valence-electron chi connectivity index (χ2n) is 7.46. The van der Waals surface area contributed by atoms with Gasteiger partial charge in [0.15, 0.2) is 5.16 Å². The molecular formula is C21H23N3O4S2. The van der Waals surface area contributed by atoms with Crippen LogP contribution in [0.5, 0.6) is 0 Å². The summed E-state index contributed by atoms with van der Waals surface area (Å²) in [4.78, 5) is 43.4. The van der Waals surface area contributed by atoms with Crippen molar-refractivity contribution in [1.82, 2.24) is 9.97 Å². The molecule has 2 aromatic heterocycles. The molecule has 2 heterocycles. The zero-order valence-electron chi connectivity index (χ0n) is 17.1. The van der Waals surface area contributed by atoms with Crippen LogP contribution >= 0.6 is 23.1 Å². The average molecular weight is 446 g/mol. The van der Waals surface area contributed by atoms with Gasteiger partial charge in [0.1, 0.15) is 4.83 Å². The molecule has 0 atom stereocenters. The van der Waals surface area contributed by atoms with Gasteiger partial charge >= 0.3 is 5.97 Å². The molecule has 3 aromatic rings. The number of aromatic carboxylic acids is 1. The van der Waals surface area contributed by atoms with Gasteiger partial charge in [0.25, 0.3) is 5.56 Å². The Bertz CT molecular complexity index is 1140. The van der Waals surface area contributed by atoms with Crippen LogP contribution in [0.15, 0.2) is 33.5 Å². The van der Waals surface area contributed by atoms with Crippen LogP contribution in [-0.4, -0.2) is 32.7 Å². The van der Waals surface area contributed by atoms with Gasteiger partial charge in [0.05, 0.1) is 16.7 Å². The number of benzene rings is 1. The van der Waals surface area contributed by atoms with Crippen molar-refractivity contribution in [3.63, 3.8) is 0 Å². The molecule has 30 heavy (non-hydrogen) atoms. The number of nitrogens with one attached hydrogen (secondary N) is 2. The van der Waals surface area contributed by atoms with E-state index in [1.807, 2.05) is 18.2 Å². The number of thioether (sulfide) groups is 1. The number of nitrogens with zero attached hydrogens (tertiary/aromatic N) is 1. The van der Waals surface area contributed by atoms with Crippen LogP contribution in [0.1, 0.15) is 61.0 Å². The van der Waals surface area contributed by atoms with Gasteiger partial charge in [-0.05, 0) is 23.0 Å². The van der Waals surface area contributed by atoms with Crippen LogP contribution in [-0.2, 0) is 4.79 Å². The number of carbonyl (C=O) groups excluding carboxylic acids is 1. The molecule has 0 unspecified atom stereocenters. The monoisotopic (exact) mass is 445 g/mol. The van der Waals surface area contributed by atoms with Crippen LogP contribution in [0, 0.1) is 0 Å². The molecule has 0 saturated carbocycles. The summed E-state index contributed by atoms with van der Waals surface area (Å²) in [5.74, 6) is -0.785.